The van der Waals surface area contributed by atoms with Gasteiger partial charge in [-0.05, 0) is 65.9 Å². The van der Waals surface area contributed by atoms with Gasteiger partial charge in [0.15, 0.2) is 0 Å². The molecule has 2 heterocycles. The Kier molecular flexibility index (Phi) is 4.00. The Labute approximate surface area is 149 Å². The van der Waals surface area contributed by atoms with Gasteiger partial charge in [0, 0.05) is 18.8 Å². The highest BCUT2D eigenvalue weighted by molar-refractivity contribution is 9.10. The molecule has 0 saturated heterocycles. The first-order chi connectivity index (χ1) is 11.2. The van der Waals surface area contributed by atoms with E-state index in [0.29, 0.717) is 10.2 Å². The number of rotatable bonds is 2. The first kappa shape index (κ1) is 16.7. The van der Waals surface area contributed by atoms with Crippen molar-refractivity contribution in [1.82, 2.24) is 9.55 Å². The molecule has 3 rings (SSSR count). The molecule has 0 aliphatic rings. The highest BCUT2D eigenvalue weighted by atomic mass is 79.9. The standard InChI is InChI=1S/C19H19BrN2O2/c1-9-6-11(3)13(7-10(9)2)14-8-22(5)18-16(20)15(19(23)24)12(4)21-17(14)18/h6-8H,1-5H3,(H,23,24). The van der Waals surface area contributed by atoms with Crippen LogP contribution >= 0.6 is 15.9 Å². The van der Waals surface area contributed by atoms with E-state index in [1.807, 2.05) is 17.8 Å². The van der Waals surface area contributed by atoms with Gasteiger partial charge < -0.3 is 9.67 Å². The van der Waals surface area contributed by atoms with Crippen LogP contribution in [0.3, 0.4) is 0 Å². The second kappa shape index (κ2) is 5.74. The lowest BCUT2D eigenvalue weighted by Crippen LogP contribution is -2.05. The highest BCUT2D eigenvalue weighted by Gasteiger charge is 2.22. The third-order valence-electron chi connectivity index (χ3n) is 4.57. The van der Waals surface area contributed by atoms with E-state index in [4.69, 9.17) is 0 Å². The molecule has 3 aromatic rings. The van der Waals surface area contributed by atoms with Crippen molar-refractivity contribution >= 4 is 32.9 Å². The van der Waals surface area contributed by atoms with Crippen LogP contribution in [0.4, 0.5) is 0 Å². The molecule has 124 valence electrons. The van der Waals surface area contributed by atoms with Gasteiger partial charge in [0.1, 0.15) is 0 Å². The third-order valence-corrected chi connectivity index (χ3v) is 5.34. The van der Waals surface area contributed by atoms with Crippen molar-refractivity contribution in [2.24, 2.45) is 7.05 Å². The number of carbonyl (C=O) groups is 1. The number of carboxylic acid groups (broad SMARTS) is 1. The Balaban J connectivity index is 2.41. The summed E-state index contributed by atoms with van der Waals surface area (Å²) in [6.45, 7) is 8.03. The molecule has 1 N–H and O–H groups in total. The molecule has 0 amide bonds. The molecule has 0 spiro atoms. The van der Waals surface area contributed by atoms with Gasteiger partial charge in [-0.2, -0.15) is 0 Å². The maximum Gasteiger partial charge on any atom is 0.338 e. The number of hydrogen-bond donors (Lipinski definition) is 1. The number of carboxylic acids is 1. The first-order valence-corrected chi connectivity index (χ1v) is 8.48. The fourth-order valence-electron chi connectivity index (χ4n) is 3.18. The number of nitrogens with zero attached hydrogens (tertiary/aromatic N) is 2. The summed E-state index contributed by atoms with van der Waals surface area (Å²) in [7, 11) is 1.91. The van der Waals surface area contributed by atoms with Crippen molar-refractivity contribution in [3.05, 3.63) is 50.8 Å². The van der Waals surface area contributed by atoms with Crippen LogP contribution in [0, 0.1) is 27.7 Å². The van der Waals surface area contributed by atoms with E-state index >= 15 is 0 Å². The molecule has 0 bridgehead atoms. The summed E-state index contributed by atoms with van der Waals surface area (Å²) in [5, 5.41) is 9.45. The van der Waals surface area contributed by atoms with E-state index in [0.717, 1.165) is 22.2 Å². The molecular formula is C19H19BrN2O2. The summed E-state index contributed by atoms with van der Waals surface area (Å²) in [5.41, 5.74) is 8.16. The smallest absolute Gasteiger partial charge is 0.338 e. The van der Waals surface area contributed by atoms with E-state index in [1.165, 1.54) is 16.7 Å². The van der Waals surface area contributed by atoms with Crippen LogP contribution < -0.4 is 0 Å². The fraction of sp³-hybridized carbons (Fsp3) is 0.263. The minimum Gasteiger partial charge on any atom is -0.478 e. The number of aromatic nitrogens is 2. The number of benzene rings is 1. The van der Waals surface area contributed by atoms with E-state index in [2.05, 4.69) is 53.8 Å². The van der Waals surface area contributed by atoms with Crippen LogP contribution in [-0.4, -0.2) is 20.6 Å². The Morgan fingerprint density at radius 1 is 1.08 bits per heavy atom. The number of halogens is 1. The van der Waals surface area contributed by atoms with Crippen LogP contribution in [0.2, 0.25) is 0 Å². The summed E-state index contributed by atoms with van der Waals surface area (Å²) in [6.07, 6.45) is 2.02. The number of fused-ring (bicyclic) bond motifs is 1. The number of pyridine rings is 1. The van der Waals surface area contributed by atoms with Gasteiger partial charge in [0.2, 0.25) is 0 Å². The van der Waals surface area contributed by atoms with E-state index < -0.39 is 5.97 Å². The largest absolute Gasteiger partial charge is 0.478 e. The average molecular weight is 387 g/mol. The maximum absolute atomic E-state index is 11.5. The summed E-state index contributed by atoms with van der Waals surface area (Å²) >= 11 is 3.47. The second-order valence-corrected chi connectivity index (χ2v) is 7.09. The molecule has 0 aliphatic carbocycles. The van der Waals surface area contributed by atoms with Gasteiger partial charge in [-0.25, -0.2) is 9.78 Å². The Hall–Kier alpha value is -2.14. The van der Waals surface area contributed by atoms with E-state index in [1.54, 1.807) is 6.92 Å². The SMILES string of the molecule is Cc1cc(C)c(-c2cn(C)c3c(Br)c(C(=O)O)c(C)nc23)cc1C. The predicted molar refractivity (Wildman–Crippen MR) is 99.8 cm³/mol. The van der Waals surface area contributed by atoms with Gasteiger partial charge in [-0.15, -0.1) is 0 Å². The summed E-state index contributed by atoms with van der Waals surface area (Å²) < 4.78 is 2.51. The lowest BCUT2D eigenvalue weighted by molar-refractivity contribution is 0.0695. The molecular weight excluding hydrogens is 368 g/mol. The van der Waals surface area contributed by atoms with Crippen molar-refractivity contribution in [1.29, 1.82) is 0 Å². The molecule has 1 aromatic carbocycles. The van der Waals surface area contributed by atoms with Crippen LogP contribution in [0.5, 0.6) is 0 Å². The molecule has 2 aromatic heterocycles. The zero-order valence-corrected chi connectivity index (χ0v) is 15.9. The topological polar surface area (TPSA) is 55.1 Å². The van der Waals surface area contributed by atoms with Crippen LogP contribution in [0.1, 0.15) is 32.7 Å². The zero-order valence-electron chi connectivity index (χ0n) is 14.4. The fourth-order valence-corrected chi connectivity index (χ4v) is 4.11. The molecule has 5 heteroatoms. The number of aryl methyl sites for hydroxylation is 5. The van der Waals surface area contributed by atoms with Crippen molar-refractivity contribution in [3.8, 4) is 11.1 Å². The predicted octanol–water partition coefficient (Wildman–Crippen LogP) is 4.93. The third kappa shape index (κ3) is 2.44. The Bertz CT molecular complexity index is 1000. The molecule has 0 aliphatic heterocycles. The average Bonchev–Trinajstić information content (AvgIpc) is 2.79. The van der Waals surface area contributed by atoms with Crippen molar-refractivity contribution in [2.75, 3.05) is 0 Å². The number of aromatic carboxylic acids is 1. The quantitative estimate of drug-likeness (QED) is 0.678. The highest BCUT2D eigenvalue weighted by Crippen LogP contribution is 2.37. The van der Waals surface area contributed by atoms with Crippen molar-refractivity contribution < 1.29 is 9.90 Å². The van der Waals surface area contributed by atoms with Crippen LogP contribution in [0.15, 0.2) is 22.8 Å². The molecule has 0 radical (unpaired) electrons. The molecule has 4 nitrogen and oxygen atoms in total. The van der Waals surface area contributed by atoms with Crippen LogP contribution in [0.25, 0.3) is 22.2 Å². The van der Waals surface area contributed by atoms with E-state index in [9.17, 15) is 9.90 Å². The van der Waals surface area contributed by atoms with E-state index in [-0.39, 0.29) is 5.56 Å². The Morgan fingerprint density at radius 3 is 2.33 bits per heavy atom. The molecule has 24 heavy (non-hydrogen) atoms. The maximum atomic E-state index is 11.5. The van der Waals surface area contributed by atoms with Crippen molar-refractivity contribution in [3.63, 3.8) is 0 Å². The van der Waals surface area contributed by atoms with Gasteiger partial charge in [-0.3, -0.25) is 0 Å². The molecule has 0 saturated carbocycles. The lowest BCUT2D eigenvalue weighted by atomic mass is 9.96. The Morgan fingerprint density at radius 2 is 1.71 bits per heavy atom. The summed E-state index contributed by atoms with van der Waals surface area (Å²) in [5.74, 6) is -0.973. The summed E-state index contributed by atoms with van der Waals surface area (Å²) in [4.78, 5) is 16.1. The van der Waals surface area contributed by atoms with Gasteiger partial charge in [0.05, 0.1) is 26.8 Å². The van der Waals surface area contributed by atoms with Gasteiger partial charge in [0.25, 0.3) is 0 Å². The minimum absolute atomic E-state index is 0.215. The van der Waals surface area contributed by atoms with Crippen LogP contribution in [-0.2, 0) is 7.05 Å². The minimum atomic E-state index is -0.973. The lowest BCUT2D eigenvalue weighted by Gasteiger charge is -2.10. The molecule has 0 atom stereocenters. The normalized spacial score (nSPS) is 11.2. The monoisotopic (exact) mass is 386 g/mol. The van der Waals surface area contributed by atoms with Gasteiger partial charge >= 0.3 is 5.97 Å². The molecule has 0 fully saturated rings. The van der Waals surface area contributed by atoms with Gasteiger partial charge in [-0.1, -0.05) is 12.1 Å². The zero-order chi connectivity index (χ0) is 17.8. The number of hydrogen-bond acceptors (Lipinski definition) is 2. The summed E-state index contributed by atoms with van der Waals surface area (Å²) in [6, 6.07) is 4.35. The molecule has 0 unspecified atom stereocenters. The second-order valence-electron chi connectivity index (χ2n) is 6.29. The van der Waals surface area contributed by atoms with Crippen molar-refractivity contribution in [2.45, 2.75) is 27.7 Å². The first-order valence-electron chi connectivity index (χ1n) is 7.69.